The molecule has 0 aromatic heterocycles. The first kappa shape index (κ1) is 13.4. The predicted molar refractivity (Wildman–Crippen MR) is 84.1 cm³/mol. The van der Waals surface area contributed by atoms with E-state index in [2.05, 4.69) is 87.2 Å². The van der Waals surface area contributed by atoms with Crippen LogP contribution >= 0.6 is 0 Å². The van der Waals surface area contributed by atoms with E-state index in [9.17, 15) is 0 Å². The van der Waals surface area contributed by atoms with Gasteiger partial charge in [-0.3, -0.25) is 0 Å². The fraction of sp³-hybridized carbons (Fsp3) is 0.158. The zero-order chi connectivity index (χ0) is 13.7. The predicted octanol–water partition coefficient (Wildman–Crippen LogP) is 5.45. The van der Waals surface area contributed by atoms with Gasteiger partial charge in [0.15, 0.2) is 0 Å². The maximum absolute atomic E-state index is 4.19. The third-order valence-electron chi connectivity index (χ3n) is 3.35. The second kappa shape index (κ2) is 6.19. The van der Waals surface area contributed by atoms with Crippen molar-refractivity contribution in [2.24, 2.45) is 0 Å². The average Bonchev–Trinajstić information content (AvgIpc) is 2.46. The van der Waals surface area contributed by atoms with Crippen LogP contribution in [0.2, 0.25) is 0 Å². The van der Waals surface area contributed by atoms with Crippen LogP contribution in [0.3, 0.4) is 0 Å². The summed E-state index contributed by atoms with van der Waals surface area (Å²) in [5, 5.41) is 0. The van der Waals surface area contributed by atoms with Crippen molar-refractivity contribution in [1.29, 1.82) is 0 Å². The molecular formula is C19H20. The first-order chi connectivity index (χ1) is 9.24. The zero-order valence-corrected chi connectivity index (χ0v) is 11.6. The maximum Gasteiger partial charge on any atom is 0.0296 e. The highest BCUT2D eigenvalue weighted by Crippen LogP contribution is 2.36. The molecule has 2 aromatic carbocycles. The monoisotopic (exact) mass is 248 g/mol. The van der Waals surface area contributed by atoms with Crippen LogP contribution in [0, 0.1) is 0 Å². The van der Waals surface area contributed by atoms with Gasteiger partial charge in [0.2, 0.25) is 0 Å². The van der Waals surface area contributed by atoms with E-state index < -0.39 is 0 Å². The Balaban J connectivity index is 2.48. The SMILES string of the molecule is C=C(C)[C@@H](/C(=C/C)c1ccccc1)c1ccccc1. The quantitative estimate of drug-likeness (QED) is 0.631. The average molecular weight is 248 g/mol. The van der Waals surface area contributed by atoms with E-state index in [4.69, 9.17) is 0 Å². The summed E-state index contributed by atoms with van der Waals surface area (Å²) >= 11 is 0. The number of benzene rings is 2. The molecular weight excluding hydrogens is 228 g/mol. The smallest absolute Gasteiger partial charge is 0.0296 e. The molecule has 0 fully saturated rings. The highest BCUT2D eigenvalue weighted by Gasteiger charge is 2.17. The molecule has 0 aliphatic heterocycles. The summed E-state index contributed by atoms with van der Waals surface area (Å²) in [6, 6.07) is 21.1. The van der Waals surface area contributed by atoms with Crippen LogP contribution in [0.4, 0.5) is 0 Å². The summed E-state index contributed by atoms with van der Waals surface area (Å²) in [7, 11) is 0. The zero-order valence-electron chi connectivity index (χ0n) is 11.6. The van der Waals surface area contributed by atoms with Crippen molar-refractivity contribution >= 4 is 5.57 Å². The number of hydrogen-bond donors (Lipinski definition) is 0. The largest absolute Gasteiger partial charge is 0.0992 e. The van der Waals surface area contributed by atoms with Crippen molar-refractivity contribution in [2.45, 2.75) is 19.8 Å². The van der Waals surface area contributed by atoms with Crippen LogP contribution in [0.1, 0.15) is 30.9 Å². The van der Waals surface area contributed by atoms with E-state index in [1.165, 1.54) is 22.3 Å². The van der Waals surface area contributed by atoms with Gasteiger partial charge in [-0.25, -0.2) is 0 Å². The summed E-state index contributed by atoms with van der Waals surface area (Å²) in [5.74, 6) is 0.258. The lowest BCUT2D eigenvalue weighted by Gasteiger charge is -2.22. The van der Waals surface area contributed by atoms with Crippen molar-refractivity contribution in [3.05, 3.63) is 90.0 Å². The van der Waals surface area contributed by atoms with E-state index in [1.54, 1.807) is 0 Å². The van der Waals surface area contributed by atoms with E-state index in [0.717, 1.165) is 0 Å². The lowest BCUT2D eigenvalue weighted by molar-refractivity contribution is 1.01. The summed E-state index contributed by atoms with van der Waals surface area (Å²) in [4.78, 5) is 0. The molecule has 0 heterocycles. The van der Waals surface area contributed by atoms with Crippen LogP contribution in [0.15, 0.2) is 78.9 Å². The maximum atomic E-state index is 4.19. The molecule has 0 N–H and O–H groups in total. The lowest BCUT2D eigenvalue weighted by Crippen LogP contribution is -2.03. The minimum Gasteiger partial charge on any atom is -0.0992 e. The van der Waals surface area contributed by atoms with Gasteiger partial charge >= 0.3 is 0 Å². The summed E-state index contributed by atoms with van der Waals surface area (Å²) in [6.45, 7) is 8.39. The van der Waals surface area contributed by atoms with E-state index in [0.29, 0.717) is 0 Å². The van der Waals surface area contributed by atoms with Crippen LogP contribution in [0.5, 0.6) is 0 Å². The van der Waals surface area contributed by atoms with Crippen molar-refractivity contribution in [3.8, 4) is 0 Å². The Bertz CT molecular complexity index is 562. The molecule has 2 rings (SSSR count). The Morgan fingerprint density at radius 1 is 0.947 bits per heavy atom. The molecule has 19 heavy (non-hydrogen) atoms. The number of hydrogen-bond acceptors (Lipinski definition) is 0. The fourth-order valence-electron chi connectivity index (χ4n) is 2.51. The van der Waals surface area contributed by atoms with E-state index in [1.807, 2.05) is 0 Å². The molecule has 0 saturated heterocycles. The lowest BCUT2D eigenvalue weighted by atomic mass is 9.82. The number of allylic oxidation sites excluding steroid dienone is 3. The summed E-state index contributed by atoms with van der Waals surface area (Å²) in [5.41, 5.74) is 5.05. The fourth-order valence-corrected chi connectivity index (χ4v) is 2.51. The molecule has 0 spiro atoms. The van der Waals surface area contributed by atoms with Crippen molar-refractivity contribution in [3.63, 3.8) is 0 Å². The molecule has 0 heteroatoms. The molecule has 0 nitrogen and oxygen atoms in total. The Morgan fingerprint density at radius 3 is 1.95 bits per heavy atom. The van der Waals surface area contributed by atoms with Gasteiger partial charge in [0.1, 0.15) is 0 Å². The van der Waals surface area contributed by atoms with Gasteiger partial charge in [-0.05, 0) is 30.5 Å². The molecule has 2 aromatic rings. The number of rotatable bonds is 4. The highest BCUT2D eigenvalue weighted by molar-refractivity contribution is 5.74. The summed E-state index contributed by atoms with van der Waals surface area (Å²) < 4.78 is 0. The van der Waals surface area contributed by atoms with Gasteiger partial charge in [0.25, 0.3) is 0 Å². The minimum absolute atomic E-state index is 0.258. The first-order valence-electron chi connectivity index (χ1n) is 6.66. The Hall–Kier alpha value is -2.08. The third-order valence-corrected chi connectivity index (χ3v) is 3.35. The van der Waals surface area contributed by atoms with E-state index in [-0.39, 0.29) is 5.92 Å². The third kappa shape index (κ3) is 3.03. The molecule has 96 valence electrons. The van der Waals surface area contributed by atoms with E-state index >= 15 is 0 Å². The minimum atomic E-state index is 0.258. The van der Waals surface area contributed by atoms with Crippen molar-refractivity contribution in [2.75, 3.05) is 0 Å². The van der Waals surface area contributed by atoms with Crippen molar-refractivity contribution < 1.29 is 0 Å². The molecule has 0 unspecified atom stereocenters. The second-order valence-electron chi connectivity index (χ2n) is 4.80. The van der Waals surface area contributed by atoms with Gasteiger partial charge in [0, 0.05) is 5.92 Å². The Labute approximate surface area is 116 Å². The van der Waals surface area contributed by atoms with Gasteiger partial charge < -0.3 is 0 Å². The molecule has 1 atom stereocenters. The molecule has 0 aliphatic rings. The van der Waals surface area contributed by atoms with Crippen molar-refractivity contribution in [1.82, 2.24) is 0 Å². The van der Waals surface area contributed by atoms with Crippen LogP contribution in [0.25, 0.3) is 5.57 Å². The van der Waals surface area contributed by atoms with Crippen LogP contribution in [-0.4, -0.2) is 0 Å². The standard InChI is InChI=1S/C19H20/c1-4-18(16-11-7-5-8-12-16)19(15(2)3)17-13-9-6-10-14-17/h4-14,19H,2H2,1,3H3/b18-4+/t19-/m1/s1. The molecule has 0 bridgehead atoms. The van der Waals surface area contributed by atoms with Gasteiger partial charge in [0.05, 0.1) is 0 Å². The van der Waals surface area contributed by atoms with Gasteiger partial charge in [-0.1, -0.05) is 78.9 Å². The summed E-state index contributed by atoms with van der Waals surface area (Å²) in [6.07, 6.45) is 2.20. The topological polar surface area (TPSA) is 0 Å². The van der Waals surface area contributed by atoms with Gasteiger partial charge in [-0.15, -0.1) is 0 Å². The van der Waals surface area contributed by atoms with Crippen LogP contribution in [-0.2, 0) is 0 Å². The Kier molecular flexibility index (Phi) is 4.35. The molecule has 0 amide bonds. The molecule has 0 saturated carbocycles. The first-order valence-corrected chi connectivity index (χ1v) is 6.66. The van der Waals surface area contributed by atoms with Crippen LogP contribution < -0.4 is 0 Å². The molecule has 0 radical (unpaired) electrons. The second-order valence-corrected chi connectivity index (χ2v) is 4.80. The Morgan fingerprint density at radius 2 is 1.47 bits per heavy atom. The molecule has 0 aliphatic carbocycles. The normalized spacial score (nSPS) is 13.1. The highest BCUT2D eigenvalue weighted by atomic mass is 14.2. The van der Waals surface area contributed by atoms with Gasteiger partial charge in [-0.2, -0.15) is 0 Å².